The molecule has 0 saturated heterocycles. The average Bonchev–Trinajstić information content (AvgIpc) is 2.58. The maximum Gasteiger partial charge on any atom is 0.155 e. The molecule has 1 rings (SSSR count). The third kappa shape index (κ3) is 8.28. The average molecular weight is 371 g/mol. The van der Waals surface area contributed by atoms with Crippen LogP contribution in [0.1, 0.15) is 78.6 Å². The Morgan fingerprint density at radius 1 is 1.21 bits per heavy atom. The number of aliphatic hydroxyl groups is 1. The summed E-state index contributed by atoms with van der Waals surface area (Å²) in [6.07, 6.45) is 13.0. The first-order valence-corrected chi connectivity index (χ1v) is 10.2. The number of thiol groups is 2. The van der Waals surface area contributed by atoms with Crippen molar-refractivity contribution in [3.8, 4) is 0 Å². The summed E-state index contributed by atoms with van der Waals surface area (Å²) in [6, 6.07) is 0. The highest BCUT2D eigenvalue weighted by Crippen LogP contribution is 2.28. The second kappa shape index (κ2) is 12.2. The molecule has 2 nitrogen and oxygen atoms in total. The number of hydrogen-bond acceptors (Lipinski definition) is 4. The summed E-state index contributed by atoms with van der Waals surface area (Å²) in [6.45, 7) is 6.24. The van der Waals surface area contributed by atoms with Gasteiger partial charge in [0.1, 0.15) is 0 Å². The van der Waals surface area contributed by atoms with Crippen LogP contribution in [0.25, 0.3) is 0 Å². The first-order valence-electron chi connectivity index (χ1n) is 9.27. The van der Waals surface area contributed by atoms with Gasteiger partial charge in [-0.25, -0.2) is 0 Å². The zero-order valence-corrected chi connectivity index (χ0v) is 17.2. The molecule has 0 spiro atoms. The Hall–Kier alpha value is -0.160. The van der Waals surface area contributed by atoms with Crippen molar-refractivity contribution in [1.29, 1.82) is 0 Å². The van der Waals surface area contributed by atoms with Gasteiger partial charge in [-0.1, -0.05) is 38.0 Å². The smallest absolute Gasteiger partial charge is 0.155 e. The molecule has 138 valence electrons. The maximum absolute atomic E-state index is 9.99. The van der Waals surface area contributed by atoms with Crippen LogP contribution in [0.3, 0.4) is 0 Å². The normalized spacial score (nSPS) is 18.6. The summed E-state index contributed by atoms with van der Waals surface area (Å²) >= 11 is 8.80. The van der Waals surface area contributed by atoms with Gasteiger partial charge in [-0.15, -0.1) is 25.3 Å². The molecule has 0 aromatic carbocycles. The van der Waals surface area contributed by atoms with E-state index in [4.69, 9.17) is 4.74 Å². The topological polar surface area (TPSA) is 29.5 Å². The minimum Gasteiger partial charge on any atom is -0.368 e. The zero-order valence-electron chi connectivity index (χ0n) is 15.4. The Bertz CT molecular complexity index is 462. The summed E-state index contributed by atoms with van der Waals surface area (Å²) in [7, 11) is 0. The van der Waals surface area contributed by atoms with E-state index in [9.17, 15) is 5.11 Å². The molecule has 0 fully saturated rings. The van der Waals surface area contributed by atoms with E-state index in [0.29, 0.717) is 0 Å². The molecule has 0 saturated carbocycles. The molecule has 0 heterocycles. The van der Waals surface area contributed by atoms with Crippen LogP contribution in [0, 0.1) is 0 Å². The summed E-state index contributed by atoms with van der Waals surface area (Å²) in [5.41, 5.74) is 2.82. The van der Waals surface area contributed by atoms with E-state index in [1.54, 1.807) is 0 Å². The molecule has 0 radical (unpaired) electrons. The SMILES string of the molecule is CCCCC(O)OC(CC)C1=CC=C(CCC/C(S)=C(\C)S)CC1. The molecule has 24 heavy (non-hydrogen) atoms. The molecule has 2 atom stereocenters. The lowest BCUT2D eigenvalue weighted by Crippen LogP contribution is -2.24. The van der Waals surface area contributed by atoms with Gasteiger partial charge in [0.15, 0.2) is 6.29 Å². The Labute approximate surface area is 159 Å². The first-order chi connectivity index (χ1) is 11.5. The van der Waals surface area contributed by atoms with Crippen LogP contribution in [0.5, 0.6) is 0 Å². The van der Waals surface area contributed by atoms with Crippen molar-refractivity contribution in [3.05, 3.63) is 33.1 Å². The van der Waals surface area contributed by atoms with E-state index in [2.05, 4.69) is 51.3 Å². The van der Waals surface area contributed by atoms with E-state index >= 15 is 0 Å². The van der Waals surface area contributed by atoms with E-state index in [-0.39, 0.29) is 6.10 Å². The lowest BCUT2D eigenvalue weighted by molar-refractivity contribution is -0.130. The van der Waals surface area contributed by atoms with Crippen molar-refractivity contribution >= 4 is 25.3 Å². The molecule has 2 unspecified atom stereocenters. The molecule has 4 heteroatoms. The van der Waals surface area contributed by atoms with Gasteiger partial charge in [0.05, 0.1) is 6.10 Å². The Morgan fingerprint density at radius 2 is 1.96 bits per heavy atom. The summed E-state index contributed by atoms with van der Waals surface area (Å²) < 4.78 is 5.85. The van der Waals surface area contributed by atoms with E-state index in [0.717, 1.165) is 67.6 Å². The predicted molar refractivity (Wildman–Crippen MR) is 111 cm³/mol. The number of unbranched alkanes of at least 4 members (excludes halogenated alkanes) is 1. The quantitative estimate of drug-likeness (QED) is 0.299. The highest BCUT2D eigenvalue weighted by atomic mass is 32.1. The molecule has 1 aliphatic carbocycles. The van der Waals surface area contributed by atoms with Crippen LogP contribution in [0.2, 0.25) is 0 Å². The van der Waals surface area contributed by atoms with Crippen molar-refractivity contribution < 1.29 is 9.84 Å². The van der Waals surface area contributed by atoms with Gasteiger partial charge >= 0.3 is 0 Å². The number of ether oxygens (including phenoxy) is 1. The predicted octanol–water partition coefficient (Wildman–Crippen LogP) is 6.20. The van der Waals surface area contributed by atoms with Gasteiger partial charge in [0, 0.05) is 0 Å². The first kappa shape index (κ1) is 21.9. The monoisotopic (exact) mass is 370 g/mol. The van der Waals surface area contributed by atoms with Gasteiger partial charge in [-0.3, -0.25) is 0 Å². The molecule has 0 bridgehead atoms. The second-order valence-corrected chi connectivity index (χ2v) is 7.79. The van der Waals surface area contributed by atoms with Gasteiger partial charge in [0.25, 0.3) is 0 Å². The van der Waals surface area contributed by atoms with Crippen molar-refractivity contribution in [2.24, 2.45) is 0 Å². The molecule has 1 aliphatic rings. The van der Waals surface area contributed by atoms with E-state index in [1.165, 1.54) is 11.1 Å². The second-order valence-electron chi connectivity index (χ2n) is 6.58. The highest BCUT2D eigenvalue weighted by Gasteiger charge is 2.19. The van der Waals surface area contributed by atoms with Crippen molar-refractivity contribution in [3.63, 3.8) is 0 Å². The molecule has 0 aromatic heterocycles. The molecule has 0 aromatic rings. The number of rotatable bonds is 11. The summed E-state index contributed by atoms with van der Waals surface area (Å²) in [4.78, 5) is 2.11. The standard InChI is InChI=1S/C20H34O2S2/c1-4-6-10-20(21)22-18(5-2)17-13-11-16(12-14-17)8-7-9-19(24)15(3)23/h11,13,18,20-21,23-24H,4-10,12,14H2,1-3H3/b19-15-. The van der Waals surface area contributed by atoms with Gasteiger partial charge < -0.3 is 9.84 Å². The van der Waals surface area contributed by atoms with Gasteiger partial charge in [0.2, 0.25) is 0 Å². The lowest BCUT2D eigenvalue weighted by Gasteiger charge is -2.25. The van der Waals surface area contributed by atoms with E-state index < -0.39 is 6.29 Å². The molecular weight excluding hydrogens is 336 g/mol. The highest BCUT2D eigenvalue weighted by molar-refractivity contribution is 7.88. The minimum absolute atomic E-state index is 0.0495. The Morgan fingerprint density at radius 3 is 2.50 bits per heavy atom. The summed E-state index contributed by atoms with van der Waals surface area (Å²) in [5, 5.41) is 9.99. The molecule has 0 amide bonds. The molecule has 1 N–H and O–H groups in total. The van der Waals surface area contributed by atoms with Crippen LogP contribution >= 0.6 is 25.3 Å². The number of aliphatic hydroxyl groups excluding tert-OH is 1. The van der Waals surface area contributed by atoms with Crippen LogP contribution in [-0.2, 0) is 4.74 Å². The Kier molecular flexibility index (Phi) is 11.2. The minimum atomic E-state index is -0.633. The number of hydrogen-bond donors (Lipinski definition) is 3. The van der Waals surface area contributed by atoms with Crippen LogP contribution in [0.15, 0.2) is 33.1 Å². The zero-order chi connectivity index (χ0) is 17.9. The molecule has 0 aliphatic heterocycles. The summed E-state index contributed by atoms with van der Waals surface area (Å²) in [5.74, 6) is 0. The van der Waals surface area contributed by atoms with Gasteiger partial charge in [-0.2, -0.15) is 0 Å². The Balaban J connectivity index is 2.48. The lowest BCUT2D eigenvalue weighted by atomic mass is 9.91. The fourth-order valence-electron chi connectivity index (χ4n) is 2.92. The molecular formula is C20H34O2S2. The largest absolute Gasteiger partial charge is 0.368 e. The fourth-order valence-corrected chi connectivity index (χ4v) is 3.19. The third-order valence-corrected chi connectivity index (χ3v) is 5.51. The van der Waals surface area contributed by atoms with Crippen molar-refractivity contribution in [2.75, 3.05) is 0 Å². The third-order valence-electron chi connectivity index (χ3n) is 4.51. The van der Waals surface area contributed by atoms with Crippen LogP contribution in [0.4, 0.5) is 0 Å². The van der Waals surface area contributed by atoms with Crippen LogP contribution < -0.4 is 0 Å². The van der Waals surface area contributed by atoms with Crippen molar-refractivity contribution in [2.45, 2.75) is 91.0 Å². The number of allylic oxidation sites excluding steroid dienone is 5. The maximum atomic E-state index is 9.99. The van der Waals surface area contributed by atoms with Crippen molar-refractivity contribution in [1.82, 2.24) is 0 Å². The van der Waals surface area contributed by atoms with Crippen LogP contribution in [-0.4, -0.2) is 17.5 Å². The fraction of sp³-hybridized carbons (Fsp3) is 0.700. The van der Waals surface area contributed by atoms with E-state index in [1.807, 2.05) is 6.92 Å². The van der Waals surface area contributed by atoms with Gasteiger partial charge in [-0.05, 0) is 73.7 Å².